The van der Waals surface area contributed by atoms with Crippen LogP contribution in [0.1, 0.15) is 39.0 Å². The molecule has 1 spiro atoms. The van der Waals surface area contributed by atoms with Crippen LogP contribution in [0.15, 0.2) is 4.99 Å². The smallest absolute Gasteiger partial charge is 0.192 e. The van der Waals surface area contributed by atoms with Gasteiger partial charge in [0.15, 0.2) is 5.96 Å². The highest BCUT2D eigenvalue weighted by Gasteiger charge is 2.50. The molecule has 2 aliphatic heterocycles. The van der Waals surface area contributed by atoms with Crippen molar-refractivity contribution in [1.29, 1.82) is 0 Å². The maximum atomic E-state index is 6.16. The van der Waals surface area contributed by atoms with E-state index in [0.29, 0.717) is 12.0 Å². The number of nitrogens with two attached hydrogens (primary N) is 1. The number of rotatable bonds is 1. The Labute approximate surface area is 103 Å². The van der Waals surface area contributed by atoms with Gasteiger partial charge < -0.3 is 15.4 Å². The van der Waals surface area contributed by atoms with Gasteiger partial charge in [0.25, 0.3) is 0 Å². The summed E-state index contributed by atoms with van der Waals surface area (Å²) in [5.41, 5.74) is 6.33. The molecule has 0 aromatic rings. The van der Waals surface area contributed by atoms with Gasteiger partial charge in [-0.25, -0.2) is 0 Å². The van der Waals surface area contributed by atoms with Crippen LogP contribution in [0.2, 0.25) is 0 Å². The molecular formula is C13H23N3O. The average molecular weight is 237 g/mol. The lowest BCUT2D eigenvalue weighted by atomic mass is 9.79. The molecule has 0 amide bonds. The molecule has 17 heavy (non-hydrogen) atoms. The zero-order valence-electron chi connectivity index (χ0n) is 10.7. The highest BCUT2D eigenvalue weighted by molar-refractivity contribution is 5.81. The summed E-state index contributed by atoms with van der Waals surface area (Å²) >= 11 is 0. The van der Waals surface area contributed by atoms with Gasteiger partial charge in [0.05, 0.1) is 18.7 Å². The lowest BCUT2D eigenvalue weighted by molar-refractivity contribution is -0.0442. The number of aliphatic imine (C=N–C) groups is 1. The maximum absolute atomic E-state index is 6.16. The van der Waals surface area contributed by atoms with E-state index < -0.39 is 0 Å². The minimum Gasteiger partial charge on any atom is -0.381 e. The molecule has 2 heterocycles. The molecule has 3 aliphatic rings. The molecule has 2 N–H and O–H groups in total. The summed E-state index contributed by atoms with van der Waals surface area (Å²) in [6, 6.07) is 0.627. The molecule has 4 heteroatoms. The van der Waals surface area contributed by atoms with Crippen molar-refractivity contribution in [2.24, 2.45) is 16.6 Å². The third kappa shape index (κ3) is 1.65. The highest BCUT2D eigenvalue weighted by atomic mass is 16.5. The van der Waals surface area contributed by atoms with Gasteiger partial charge in [0.1, 0.15) is 0 Å². The molecule has 0 aromatic heterocycles. The van der Waals surface area contributed by atoms with Crippen molar-refractivity contribution in [3.63, 3.8) is 0 Å². The van der Waals surface area contributed by atoms with Crippen molar-refractivity contribution < 1.29 is 4.74 Å². The monoisotopic (exact) mass is 237 g/mol. The van der Waals surface area contributed by atoms with Crippen LogP contribution < -0.4 is 5.73 Å². The number of hydrogen-bond donors (Lipinski definition) is 1. The van der Waals surface area contributed by atoms with Gasteiger partial charge in [-0.2, -0.15) is 0 Å². The molecule has 1 aliphatic carbocycles. The second-order valence-electron chi connectivity index (χ2n) is 5.81. The first-order valence-electron chi connectivity index (χ1n) is 6.91. The topological polar surface area (TPSA) is 50.9 Å². The molecule has 1 saturated heterocycles. The van der Waals surface area contributed by atoms with E-state index in [4.69, 9.17) is 10.5 Å². The Morgan fingerprint density at radius 3 is 2.88 bits per heavy atom. The second kappa shape index (κ2) is 4.16. The van der Waals surface area contributed by atoms with E-state index in [0.717, 1.165) is 32.1 Å². The van der Waals surface area contributed by atoms with Crippen LogP contribution in [-0.4, -0.2) is 42.2 Å². The molecular weight excluding hydrogens is 214 g/mol. The van der Waals surface area contributed by atoms with Gasteiger partial charge in [-0.05, 0) is 19.3 Å². The Morgan fingerprint density at radius 1 is 1.41 bits per heavy atom. The van der Waals surface area contributed by atoms with Crippen LogP contribution in [-0.2, 0) is 4.74 Å². The summed E-state index contributed by atoms with van der Waals surface area (Å²) in [6.07, 6.45) is 6.33. The summed E-state index contributed by atoms with van der Waals surface area (Å²) in [5.74, 6) is 1.31. The summed E-state index contributed by atoms with van der Waals surface area (Å²) in [6.45, 7) is 4.87. The number of hydrogen-bond acceptors (Lipinski definition) is 4. The average Bonchev–Trinajstić information content (AvgIpc) is 2.92. The lowest BCUT2D eigenvalue weighted by Crippen LogP contribution is -2.61. The number of ether oxygens (including phenoxy) is 1. The minimum absolute atomic E-state index is 0.164. The van der Waals surface area contributed by atoms with E-state index in [1.807, 2.05) is 0 Å². The molecule has 0 bridgehead atoms. The van der Waals surface area contributed by atoms with E-state index in [1.54, 1.807) is 0 Å². The van der Waals surface area contributed by atoms with Crippen molar-refractivity contribution >= 4 is 5.96 Å². The predicted octanol–water partition coefficient (Wildman–Crippen LogP) is 1.35. The second-order valence-corrected chi connectivity index (χ2v) is 5.81. The quantitative estimate of drug-likeness (QED) is 0.749. The molecule has 4 nitrogen and oxygen atoms in total. The van der Waals surface area contributed by atoms with E-state index >= 15 is 0 Å². The van der Waals surface area contributed by atoms with Crippen LogP contribution >= 0.6 is 0 Å². The summed E-state index contributed by atoms with van der Waals surface area (Å²) in [7, 11) is 0. The SMILES string of the molecule is CC1COCCC12CN=C(N)N2C1CCCC1. The predicted molar refractivity (Wildman–Crippen MR) is 67.9 cm³/mol. The van der Waals surface area contributed by atoms with Crippen LogP contribution in [0.5, 0.6) is 0 Å². The first-order valence-corrected chi connectivity index (χ1v) is 6.91. The van der Waals surface area contributed by atoms with Crippen molar-refractivity contribution in [2.75, 3.05) is 19.8 Å². The van der Waals surface area contributed by atoms with Gasteiger partial charge in [0.2, 0.25) is 0 Å². The Kier molecular flexibility index (Phi) is 2.77. The third-order valence-electron chi connectivity index (χ3n) is 4.90. The third-order valence-corrected chi connectivity index (χ3v) is 4.90. The Morgan fingerprint density at radius 2 is 2.18 bits per heavy atom. The Hall–Kier alpha value is -0.770. The van der Waals surface area contributed by atoms with E-state index in [-0.39, 0.29) is 5.54 Å². The van der Waals surface area contributed by atoms with E-state index in [9.17, 15) is 0 Å². The van der Waals surface area contributed by atoms with E-state index in [1.165, 1.54) is 25.7 Å². The molecule has 3 rings (SSSR count). The summed E-state index contributed by atoms with van der Waals surface area (Å²) < 4.78 is 5.60. The van der Waals surface area contributed by atoms with Crippen molar-refractivity contribution in [2.45, 2.75) is 50.6 Å². The van der Waals surface area contributed by atoms with Crippen LogP contribution in [0, 0.1) is 5.92 Å². The van der Waals surface area contributed by atoms with Crippen LogP contribution in [0.4, 0.5) is 0 Å². The van der Waals surface area contributed by atoms with Crippen molar-refractivity contribution in [3.8, 4) is 0 Å². The standard InChI is InChI=1S/C13H23N3O/c1-10-8-17-7-6-13(10)9-15-12(14)16(13)11-4-2-3-5-11/h10-11H,2-9H2,1H3,(H2,14,15). The summed E-state index contributed by atoms with van der Waals surface area (Å²) in [4.78, 5) is 7.02. The van der Waals surface area contributed by atoms with Crippen molar-refractivity contribution in [1.82, 2.24) is 4.90 Å². The largest absolute Gasteiger partial charge is 0.381 e. The zero-order chi connectivity index (χ0) is 11.9. The van der Waals surface area contributed by atoms with Gasteiger partial charge in [-0.1, -0.05) is 19.8 Å². The summed E-state index contributed by atoms with van der Waals surface area (Å²) in [5, 5.41) is 0. The number of nitrogens with zero attached hydrogens (tertiary/aromatic N) is 2. The van der Waals surface area contributed by atoms with Crippen LogP contribution in [0.3, 0.4) is 0 Å². The van der Waals surface area contributed by atoms with Gasteiger partial charge in [-0.3, -0.25) is 4.99 Å². The fourth-order valence-corrected chi connectivity index (χ4v) is 3.81. The molecule has 1 saturated carbocycles. The first-order chi connectivity index (χ1) is 8.24. The molecule has 2 unspecified atom stereocenters. The zero-order valence-corrected chi connectivity index (χ0v) is 10.7. The fraction of sp³-hybridized carbons (Fsp3) is 0.923. The van der Waals surface area contributed by atoms with Crippen LogP contribution in [0.25, 0.3) is 0 Å². The Balaban J connectivity index is 1.88. The fourth-order valence-electron chi connectivity index (χ4n) is 3.81. The highest BCUT2D eigenvalue weighted by Crippen LogP contribution is 2.40. The van der Waals surface area contributed by atoms with E-state index in [2.05, 4.69) is 16.8 Å². The van der Waals surface area contributed by atoms with Gasteiger partial charge >= 0.3 is 0 Å². The maximum Gasteiger partial charge on any atom is 0.192 e. The van der Waals surface area contributed by atoms with Gasteiger partial charge in [-0.15, -0.1) is 0 Å². The number of guanidine groups is 1. The molecule has 0 radical (unpaired) electrons. The molecule has 96 valence electrons. The lowest BCUT2D eigenvalue weighted by Gasteiger charge is -2.49. The molecule has 2 fully saturated rings. The molecule has 0 aromatic carbocycles. The minimum atomic E-state index is 0.164. The molecule has 2 atom stereocenters. The van der Waals surface area contributed by atoms with Crippen molar-refractivity contribution in [3.05, 3.63) is 0 Å². The van der Waals surface area contributed by atoms with Gasteiger partial charge in [0, 0.05) is 18.6 Å². The Bertz CT molecular complexity index is 325. The first kappa shape index (κ1) is 11.3. The normalized spacial score (nSPS) is 39.0.